The van der Waals surface area contributed by atoms with Crippen LogP contribution in [-0.4, -0.2) is 24.7 Å². The molecule has 2 aromatic carbocycles. The van der Waals surface area contributed by atoms with E-state index in [0.29, 0.717) is 5.75 Å². The van der Waals surface area contributed by atoms with E-state index < -0.39 is 17.8 Å². The van der Waals surface area contributed by atoms with Crippen LogP contribution in [-0.2, 0) is 6.42 Å². The lowest BCUT2D eigenvalue weighted by Crippen LogP contribution is -2.31. The van der Waals surface area contributed by atoms with Crippen LogP contribution < -0.4 is 10.1 Å². The predicted molar refractivity (Wildman–Crippen MR) is 86.1 cm³/mol. The third kappa shape index (κ3) is 4.07. The van der Waals surface area contributed by atoms with Crippen molar-refractivity contribution in [1.82, 2.24) is 5.32 Å². The van der Waals surface area contributed by atoms with Gasteiger partial charge in [-0.25, -0.2) is 4.39 Å². The Labute approximate surface area is 134 Å². The van der Waals surface area contributed by atoms with Crippen LogP contribution in [0, 0.1) is 5.82 Å². The van der Waals surface area contributed by atoms with E-state index in [0.717, 1.165) is 23.6 Å². The molecule has 1 unspecified atom stereocenters. The van der Waals surface area contributed by atoms with E-state index in [1.807, 2.05) is 31.2 Å². The first-order valence-electron chi connectivity index (χ1n) is 7.43. The lowest BCUT2D eigenvalue weighted by Gasteiger charge is -2.17. The van der Waals surface area contributed by atoms with Crippen molar-refractivity contribution in [1.29, 1.82) is 0 Å². The fraction of sp³-hybridized carbons (Fsp3) is 0.278. The smallest absolute Gasteiger partial charge is 0.254 e. The van der Waals surface area contributed by atoms with Gasteiger partial charge in [0, 0.05) is 6.07 Å². The van der Waals surface area contributed by atoms with Crippen LogP contribution in [0.5, 0.6) is 5.75 Å². The van der Waals surface area contributed by atoms with Crippen molar-refractivity contribution >= 4 is 5.91 Å². The molecule has 4 nitrogen and oxygen atoms in total. The molecule has 122 valence electrons. The van der Waals surface area contributed by atoms with Gasteiger partial charge in [0.15, 0.2) is 0 Å². The zero-order valence-electron chi connectivity index (χ0n) is 13.2. The molecule has 2 rings (SSSR count). The topological polar surface area (TPSA) is 58.6 Å². The normalized spacial score (nSPS) is 11.8. The molecule has 1 atom stereocenters. The molecule has 0 bridgehead atoms. The lowest BCUT2D eigenvalue weighted by molar-refractivity contribution is 0.0912. The molecule has 1 amide bonds. The molecule has 23 heavy (non-hydrogen) atoms. The van der Waals surface area contributed by atoms with Crippen molar-refractivity contribution in [3.05, 3.63) is 65.0 Å². The van der Waals surface area contributed by atoms with E-state index in [-0.39, 0.29) is 12.2 Å². The Morgan fingerprint density at radius 3 is 2.48 bits per heavy atom. The zero-order chi connectivity index (χ0) is 16.8. The highest BCUT2D eigenvalue weighted by Crippen LogP contribution is 2.18. The molecule has 0 spiro atoms. The molecule has 5 heteroatoms. The van der Waals surface area contributed by atoms with E-state index in [4.69, 9.17) is 4.74 Å². The average Bonchev–Trinajstić information content (AvgIpc) is 2.59. The van der Waals surface area contributed by atoms with Crippen molar-refractivity contribution in [3.8, 4) is 5.75 Å². The minimum absolute atomic E-state index is 0.0885. The van der Waals surface area contributed by atoms with E-state index in [9.17, 15) is 14.3 Å². The molecular formula is C18H20FNO3. The standard InChI is InChI=1S/C18H20FNO3/c1-3-12-4-6-13(7-5-12)17(11-21)20-18(22)15-9-8-14(23-2)10-16(15)19/h4-10,17,21H,3,11H2,1-2H3,(H,20,22). The van der Waals surface area contributed by atoms with Crippen LogP contribution >= 0.6 is 0 Å². The van der Waals surface area contributed by atoms with Gasteiger partial charge in [0.2, 0.25) is 0 Å². The zero-order valence-corrected chi connectivity index (χ0v) is 13.2. The van der Waals surface area contributed by atoms with E-state index in [1.54, 1.807) is 0 Å². The van der Waals surface area contributed by atoms with Crippen molar-refractivity contribution in [2.24, 2.45) is 0 Å². The van der Waals surface area contributed by atoms with Gasteiger partial charge < -0.3 is 15.2 Å². The molecule has 0 radical (unpaired) electrons. The molecule has 2 N–H and O–H groups in total. The average molecular weight is 317 g/mol. The monoisotopic (exact) mass is 317 g/mol. The first-order chi connectivity index (χ1) is 11.1. The molecule has 0 fully saturated rings. The van der Waals surface area contributed by atoms with Crippen molar-refractivity contribution in [2.75, 3.05) is 13.7 Å². The maximum atomic E-state index is 13.9. The number of ether oxygens (including phenoxy) is 1. The Morgan fingerprint density at radius 2 is 1.96 bits per heavy atom. The number of amides is 1. The van der Waals surface area contributed by atoms with Gasteiger partial charge in [0.1, 0.15) is 11.6 Å². The van der Waals surface area contributed by atoms with Gasteiger partial charge in [0.25, 0.3) is 5.91 Å². The number of aliphatic hydroxyl groups is 1. The summed E-state index contributed by atoms with van der Waals surface area (Å²) in [6.07, 6.45) is 0.910. The SMILES string of the molecule is CCc1ccc(C(CO)NC(=O)c2ccc(OC)cc2F)cc1. The predicted octanol–water partition coefficient (Wildman–Crippen LogP) is 2.86. The molecule has 0 saturated heterocycles. The fourth-order valence-electron chi connectivity index (χ4n) is 2.26. The lowest BCUT2D eigenvalue weighted by atomic mass is 10.0. The first-order valence-corrected chi connectivity index (χ1v) is 7.43. The highest BCUT2D eigenvalue weighted by atomic mass is 19.1. The maximum absolute atomic E-state index is 13.9. The van der Waals surface area contributed by atoms with Crippen LogP contribution in [0.15, 0.2) is 42.5 Å². The Bertz CT molecular complexity index is 670. The summed E-state index contributed by atoms with van der Waals surface area (Å²) in [5, 5.41) is 12.2. The summed E-state index contributed by atoms with van der Waals surface area (Å²) in [4.78, 5) is 12.2. The first kappa shape index (κ1) is 17.0. The minimum atomic E-state index is -0.667. The molecule has 0 aromatic heterocycles. The number of benzene rings is 2. The Balaban J connectivity index is 2.15. The van der Waals surface area contributed by atoms with Crippen LogP contribution in [0.1, 0.15) is 34.5 Å². The third-order valence-electron chi connectivity index (χ3n) is 3.70. The molecule has 0 aliphatic carbocycles. The molecule has 0 heterocycles. The second-order valence-electron chi connectivity index (χ2n) is 5.15. The van der Waals surface area contributed by atoms with Gasteiger partial charge >= 0.3 is 0 Å². The number of nitrogens with one attached hydrogen (secondary N) is 1. The number of aliphatic hydroxyl groups excluding tert-OH is 1. The summed E-state index contributed by atoms with van der Waals surface area (Å²) < 4.78 is 18.9. The van der Waals surface area contributed by atoms with E-state index in [2.05, 4.69) is 5.32 Å². The van der Waals surface area contributed by atoms with Gasteiger partial charge in [-0.3, -0.25) is 4.79 Å². The summed E-state index contributed by atoms with van der Waals surface area (Å²) in [6.45, 7) is 1.78. The highest BCUT2D eigenvalue weighted by molar-refractivity contribution is 5.94. The summed E-state index contributed by atoms with van der Waals surface area (Å²) in [5.74, 6) is -0.906. The number of aryl methyl sites for hydroxylation is 1. The van der Waals surface area contributed by atoms with Crippen molar-refractivity contribution < 1.29 is 19.0 Å². The maximum Gasteiger partial charge on any atom is 0.254 e. The number of carbonyl (C=O) groups excluding carboxylic acids is 1. The van der Waals surface area contributed by atoms with E-state index >= 15 is 0 Å². The number of hydrogen-bond acceptors (Lipinski definition) is 3. The fourth-order valence-corrected chi connectivity index (χ4v) is 2.26. The van der Waals surface area contributed by atoms with Crippen LogP contribution in [0.2, 0.25) is 0 Å². The van der Waals surface area contributed by atoms with Gasteiger partial charge in [-0.2, -0.15) is 0 Å². The number of hydrogen-bond donors (Lipinski definition) is 2. The van der Waals surface area contributed by atoms with Crippen LogP contribution in [0.25, 0.3) is 0 Å². The van der Waals surface area contributed by atoms with Crippen molar-refractivity contribution in [3.63, 3.8) is 0 Å². The number of halogens is 1. The van der Waals surface area contributed by atoms with Gasteiger partial charge in [-0.1, -0.05) is 31.2 Å². The number of methoxy groups -OCH3 is 1. The summed E-state index contributed by atoms with van der Waals surface area (Å²) in [6, 6.07) is 11.0. The van der Waals surface area contributed by atoms with Crippen LogP contribution in [0.3, 0.4) is 0 Å². The largest absolute Gasteiger partial charge is 0.497 e. The molecular weight excluding hydrogens is 297 g/mol. The van der Waals surface area contributed by atoms with Gasteiger partial charge in [0.05, 0.1) is 25.3 Å². The van der Waals surface area contributed by atoms with E-state index in [1.165, 1.54) is 19.2 Å². The van der Waals surface area contributed by atoms with Crippen molar-refractivity contribution in [2.45, 2.75) is 19.4 Å². The number of rotatable bonds is 6. The quantitative estimate of drug-likeness (QED) is 0.861. The molecule has 0 saturated carbocycles. The summed E-state index contributed by atoms with van der Waals surface area (Å²) in [5.41, 5.74) is 1.85. The molecule has 2 aromatic rings. The number of carbonyl (C=O) groups is 1. The Kier molecular flexibility index (Phi) is 5.71. The summed E-state index contributed by atoms with van der Waals surface area (Å²) >= 11 is 0. The Morgan fingerprint density at radius 1 is 1.26 bits per heavy atom. The third-order valence-corrected chi connectivity index (χ3v) is 3.70. The molecule has 0 aliphatic heterocycles. The minimum Gasteiger partial charge on any atom is -0.497 e. The van der Waals surface area contributed by atoms with Gasteiger partial charge in [-0.15, -0.1) is 0 Å². The highest BCUT2D eigenvalue weighted by Gasteiger charge is 2.18. The molecule has 0 aliphatic rings. The Hall–Kier alpha value is -2.40. The second kappa shape index (κ2) is 7.74. The second-order valence-corrected chi connectivity index (χ2v) is 5.15. The van der Waals surface area contributed by atoms with Gasteiger partial charge in [-0.05, 0) is 29.7 Å². The summed E-state index contributed by atoms with van der Waals surface area (Å²) in [7, 11) is 1.43. The van der Waals surface area contributed by atoms with Crippen LogP contribution in [0.4, 0.5) is 4.39 Å².